The Labute approximate surface area is 130 Å². The largest absolute Gasteiger partial charge is 0.386 e. The number of hydrogen-bond donors (Lipinski definition) is 1. The lowest BCUT2D eigenvalue weighted by atomic mass is 9.83. The number of aryl methyl sites for hydroxylation is 1. The van der Waals surface area contributed by atoms with Crippen molar-refractivity contribution < 1.29 is 5.11 Å². The van der Waals surface area contributed by atoms with Crippen LogP contribution in [0.15, 0.2) is 24.3 Å². The molecule has 0 radical (unpaired) electrons. The van der Waals surface area contributed by atoms with Gasteiger partial charge < -0.3 is 5.11 Å². The van der Waals surface area contributed by atoms with Gasteiger partial charge >= 0.3 is 0 Å². The average molecular weight is 289 g/mol. The van der Waals surface area contributed by atoms with Crippen molar-refractivity contribution in [1.82, 2.24) is 4.90 Å². The lowest BCUT2D eigenvalue weighted by molar-refractivity contribution is -0.0269. The summed E-state index contributed by atoms with van der Waals surface area (Å²) in [5.74, 6) is 0. The summed E-state index contributed by atoms with van der Waals surface area (Å²) in [6.07, 6.45) is 6.60. The molecule has 2 heteroatoms. The van der Waals surface area contributed by atoms with Gasteiger partial charge in [0.15, 0.2) is 0 Å². The first-order valence-electron chi connectivity index (χ1n) is 8.69. The molecule has 1 fully saturated rings. The van der Waals surface area contributed by atoms with Crippen LogP contribution in [0.25, 0.3) is 0 Å². The minimum absolute atomic E-state index is 0.0473. The van der Waals surface area contributed by atoms with Crippen molar-refractivity contribution in [2.45, 2.75) is 70.9 Å². The van der Waals surface area contributed by atoms with Crippen LogP contribution in [0, 0.1) is 0 Å². The van der Waals surface area contributed by atoms with Crippen molar-refractivity contribution in [3.8, 4) is 0 Å². The highest BCUT2D eigenvalue weighted by Crippen LogP contribution is 2.44. The van der Waals surface area contributed by atoms with Gasteiger partial charge in [-0.2, -0.15) is 0 Å². The maximum absolute atomic E-state index is 11.2. The zero-order valence-electron chi connectivity index (χ0n) is 13.9. The standard InChI is InChI=1S/C19H31NO/c1-4-10-16-11-9-12-17(15-16)18(21)19(13-7-8-14-19)20(5-2)6-3/h9,11-12,15,18,21H,4-8,10,13-14H2,1-3H3. The number of likely N-dealkylation sites (N-methyl/N-ethyl adjacent to an activating group) is 1. The molecule has 1 aromatic carbocycles. The van der Waals surface area contributed by atoms with E-state index in [0.717, 1.165) is 44.3 Å². The molecular weight excluding hydrogens is 258 g/mol. The fourth-order valence-corrected chi connectivity index (χ4v) is 4.12. The molecule has 2 nitrogen and oxygen atoms in total. The highest BCUT2D eigenvalue weighted by Gasteiger charge is 2.44. The van der Waals surface area contributed by atoms with Crippen LogP contribution in [0.5, 0.6) is 0 Å². The highest BCUT2D eigenvalue weighted by molar-refractivity contribution is 5.28. The van der Waals surface area contributed by atoms with E-state index in [0.29, 0.717) is 0 Å². The highest BCUT2D eigenvalue weighted by atomic mass is 16.3. The maximum atomic E-state index is 11.2. The maximum Gasteiger partial charge on any atom is 0.0973 e. The molecule has 2 rings (SSSR count). The second kappa shape index (κ2) is 7.42. The molecule has 1 N–H and O–H groups in total. The van der Waals surface area contributed by atoms with Gasteiger partial charge in [0.05, 0.1) is 11.6 Å². The molecule has 0 amide bonds. The summed E-state index contributed by atoms with van der Waals surface area (Å²) in [6.45, 7) is 8.66. The Hall–Kier alpha value is -0.860. The van der Waals surface area contributed by atoms with Gasteiger partial charge in [0.1, 0.15) is 0 Å². The third kappa shape index (κ3) is 3.32. The molecule has 0 heterocycles. The Morgan fingerprint density at radius 2 is 1.81 bits per heavy atom. The van der Waals surface area contributed by atoms with E-state index in [9.17, 15) is 5.11 Å². The second-order valence-corrected chi connectivity index (χ2v) is 6.38. The number of hydrogen-bond acceptors (Lipinski definition) is 2. The van der Waals surface area contributed by atoms with Crippen LogP contribution >= 0.6 is 0 Å². The zero-order chi connectivity index (χ0) is 15.3. The molecule has 1 aromatic rings. The van der Waals surface area contributed by atoms with Gasteiger partial charge in [0, 0.05) is 0 Å². The summed E-state index contributed by atoms with van der Waals surface area (Å²) in [6, 6.07) is 8.61. The minimum Gasteiger partial charge on any atom is -0.386 e. The van der Waals surface area contributed by atoms with Crippen molar-refractivity contribution in [3.63, 3.8) is 0 Å². The van der Waals surface area contributed by atoms with E-state index >= 15 is 0 Å². The fourth-order valence-electron chi connectivity index (χ4n) is 4.12. The molecule has 21 heavy (non-hydrogen) atoms. The quantitative estimate of drug-likeness (QED) is 0.807. The van der Waals surface area contributed by atoms with Crippen molar-refractivity contribution >= 4 is 0 Å². The molecule has 1 aliphatic carbocycles. The number of aliphatic hydroxyl groups excluding tert-OH is 1. The average Bonchev–Trinajstić information content (AvgIpc) is 2.99. The normalized spacial score (nSPS) is 19.1. The van der Waals surface area contributed by atoms with Crippen LogP contribution in [0.4, 0.5) is 0 Å². The van der Waals surface area contributed by atoms with Crippen LogP contribution in [-0.2, 0) is 6.42 Å². The topological polar surface area (TPSA) is 23.5 Å². The number of benzene rings is 1. The molecule has 118 valence electrons. The first kappa shape index (κ1) is 16.5. The molecule has 1 saturated carbocycles. The lowest BCUT2D eigenvalue weighted by Gasteiger charge is -2.44. The molecule has 0 saturated heterocycles. The van der Waals surface area contributed by atoms with Crippen LogP contribution in [-0.4, -0.2) is 28.6 Å². The van der Waals surface area contributed by atoms with Gasteiger partial charge in [0.25, 0.3) is 0 Å². The molecule has 0 aromatic heterocycles. The van der Waals surface area contributed by atoms with Gasteiger partial charge in [-0.05, 0) is 43.5 Å². The monoisotopic (exact) mass is 289 g/mol. The first-order valence-corrected chi connectivity index (χ1v) is 8.69. The fraction of sp³-hybridized carbons (Fsp3) is 0.684. The molecular formula is C19H31NO. The van der Waals surface area contributed by atoms with Gasteiger partial charge in [-0.3, -0.25) is 4.90 Å². The van der Waals surface area contributed by atoms with E-state index < -0.39 is 0 Å². The molecule has 0 bridgehead atoms. The third-order valence-electron chi connectivity index (χ3n) is 5.18. The molecule has 1 aliphatic rings. The summed E-state index contributed by atoms with van der Waals surface area (Å²) in [5.41, 5.74) is 2.41. The van der Waals surface area contributed by atoms with Crippen LogP contribution in [0.1, 0.15) is 70.1 Å². The van der Waals surface area contributed by atoms with Crippen molar-refractivity contribution in [2.24, 2.45) is 0 Å². The van der Waals surface area contributed by atoms with E-state index in [4.69, 9.17) is 0 Å². The van der Waals surface area contributed by atoms with E-state index in [1.165, 1.54) is 18.4 Å². The predicted molar refractivity (Wildman–Crippen MR) is 89.5 cm³/mol. The van der Waals surface area contributed by atoms with Crippen LogP contribution < -0.4 is 0 Å². The Morgan fingerprint density at radius 1 is 1.14 bits per heavy atom. The molecule has 0 aliphatic heterocycles. The first-order chi connectivity index (χ1) is 10.2. The summed E-state index contributed by atoms with van der Waals surface area (Å²) in [5, 5.41) is 11.2. The smallest absolute Gasteiger partial charge is 0.0973 e. The number of aliphatic hydroxyl groups is 1. The second-order valence-electron chi connectivity index (χ2n) is 6.38. The van der Waals surface area contributed by atoms with Gasteiger partial charge in [-0.1, -0.05) is 64.3 Å². The number of nitrogens with zero attached hydrogens (tertiary/aromatic N) is 1. The summed E-state index contributed by atoms with van der Waals surface area (Å²) >= 11 is 0. The van der Waals surface area contributed by atoms with Crippen molar-refractivity contribution in [3.05, 3.63) is 35.4 Å². The zero-order valence-corrected chi connectivity index (χ0v) is 13.9. The van der Waals surface area contributed by atoms with Gasteiger partial charge in [0.2, 0.25) is 0 Å². The van der Waals surface area contributed by atoms with E-state index in [-0.39, 0.29) is 11.6 Å². The lowest BCUT2D eigenvalue weighted by Crippen LogP contribution is -2.51. The summed E-state index contributed by atoms with van der Waals surface area (Å²) in [7, 11) is 0. The number of rotatable bonds is 7. The molecule has 1 unspecified atom stereocenters. The molecule has 0 spiro atoms. The third-order valence-corrected chi connectivity index (χ3v) is 5.18. The van der Waals surface area contributed by atoms with E-state index in [2.05, 4.69) is 49.9 Å². The van der Waals surface area contributed by atoms with Crippen molar-refractivity contribution in [2.75, 3.05) is 13.1 Å². The van der Waals surface area contributed by atoms with Crippen LogP contribution in [0.2, 0.25) is 0 Å². The van der Waals surface area contributed by atoms with Crippen LogP contribution in [0.3, 0.4) is 0 Å². The minimum atomic E-state index is -0.364. The SMILES string of the molecule is CCCc1cccc(C(O)C2(N(CC)CC)CCCC2)c1. The predicted octanol–water partition coefficient (Wildman–Crippen LogP) is 4.33. The summed E-state index contributed by atoms with van der Waals surface area (Å²) in [4.78, 5) is 2.48. The van der Waals surface area contributed by atoms with E-state index in [1.807, 2.05) is 0 Å². The van der Waals surface area contributed by atoms with Gasteiger partial charge in [-0.15, -0.1) is 0 Å². The Bertz CT molecular complexity index is 433. The molecule has 1 atom stereocenters. The van der Waals surface area contributed by atoms with E-state index in [1.54, 1.807) is 0 Å². The Morgan fingerprint density at radius 3 is 2.38 bits per heavy atom. The summed E-state index contributed by atoms with van der Waals surface area (Å²) < 4.78 is 0. The van der Waals surface area contributed by atoms with Crippen molar-refractivity contribution in [1.29, 1.82) is 0 Å². The van der Waals surface area contributed by atoms with Gasteiger partial charge in [-0.25, -0.2) is 0 Å². The Balaban J connectivity index is 2.30. The Kier molecular flexibility index (Phi) is 5.83.